The van der Waals surface area contributed by atoms with Crippen LogP contribution in [-0.2, 0) is 6.54 Å². The number of carbonyl (C=O) groups excluding carboxylic acids is 1. The van der Waals surface area contributed by atoms with Gasteiger partial charge < -0.3 is 5.32 Å². The average Bonchev–Trinajstić information content (AvgIpc) is 2.96. The van der Waals surface area contributed by atoms with Crippen molar-refractivity contribution in [2.45, 2.75) is 37.9 Å². The van der Waals surface area contributed by atoms with E-state index < -0.39 is 0 Å². The van der Waals surface area contributed by atoms with Crippen molar-refractivity contribution < 1.29 is 4.79 Å². The molecule has 0 aliphatic rings. The number of pyridine rings is 1. The first-order valence-corrected chi connectivity index (χ1v) is 8.07. The van der Waals surface area contributed by atoms with E-state index in [1.165, 1.54) is 18.1 Å². The van der Waals surface area contributed by atoms with Crippen molar-refractivity contribution in [2.75, 3.05) is 6.26 Å². The van der Waals surface area contributed by atoms with Gasteiger partial charge in [0.25, 0.3) is 5.91 Å². The van der Waals surface area contributed by atoms with Crippen LogP contribution in [0.3, 0.4) is 0 Å². The number of nitrogens with one attached hydrogen (secondary N) is 1. The summed E-state index contributed by atoms with van der Waals surface area (Å²) in [5.41, 5.74) is 0.582. The number of thioether (sulfide) groups is 1. The highest BCUT2D eigenvalue weighted by atomic mass is 32.2. The van der Waals surface area contributed by atoms with Crippen molar-refractivity contribution in [3.8, 4) is 0 Å². The largest absolute Gasteiger partial charge is 0.342 e. The molecule has 0 fully saturated rings. The van der Waals surface area contributed by atoms with Crippen LogP contribution in [0.2, 0.25) is 0 Å². The maximum absolute atomic E-state index is 12.4. The highest BCUT2D eigenvalue weighted by molar-refractivity contribution is 7.98. The third kappa shape index (κ3) is 3.60. The Morgan fingerprint density at radius 2 is 2.29 bits per heavy atom. The second kappa shape index (κ2) is 7.21. The van der Waals surface area contributed by atoms with Gasteiger partial charge >= 0.3 is 0 Å². The minimum absolute atomic E-state index is 0.147. The third-order valence-electron chi connectivity index (χ3n) is 3.02. The van der Waals surface area contributed by atoms with Crippen molar-refractivity contribution in [3.05, 3.63) is 36.0 Å². The first kappa shape index (κ1) is 15.5. The molecule has 1 N–H and O–H groups in total. The number of hydrogen-bond donors (Lipinski definition) is 1. The van der Waals surface area contributed by atoms with Gasteiger partial charge in [0, 0.05) is 12.7 Å². The summed E-state index contributed by atoms with van der Waals surface area (Å²) in [6.45, 7) is 4.77. The van der Waals surface area contributed by atoms with Gasteiger partial charge in [-0.25, -0.2) is 14.6 Å². The summed E-state index contributed by atoms with van der Waals surface area (Å²) in [7, 11) is 0. The zero-order valence-electron chi connectivity index (χ0n) is 12.4. The standard InChI is InChI=1S/C14H19N5OS/c1-4-8-19-12(16-9-17-19)10(2)18-13(20)11-6-5-7-15-14(11)21-3/h5-7,9-10H,4,8H2,1-3H3,(H,18,20)/t10-/m1/s1. The summed E-state index contributed by atoms with van der Waals surface area (Å²) < 4.78 is 1.82. The minimum Gasteiger partial charge on any atom is -0.342 e. The summed E-state index contributed by atoms with van der Waals surface area (Å²) in [4.78, 5) is 20.8. The average molecular weight is 305 g/mol. The number of rotatable bonds is 6. The van der Waals surface area contributed by atoms with Crippen LogP contribution in [0.4, 0.5) is 0 Å². The Morgan fingerprint density at radius 1 is 1.48 bits per heavy atom. The molecule has 0 spiro atoms. The van der Waals surface area contributed by atoms with Crippen LogP contribution in [0, 0.1) is 0 Å². The Morgan fingerprint density at radius 3 is 3.00 bits per heavy atom. The molecule has 1 amide bonds. The fourth-order valence-corrected chi connectivity index (χ4v) is 2.60. The van der Waals surface area contributed by atoms with Crippen LogP contribution in [0.15, 0.2) is 29.7 Å². The van der Waals surface area contributed by atoms with Crippen LogP contribution >= 0.6 is 11.8 Å². The Balaban J connectivity index is 2.13. The monoisotopic (exact) mass is 305 g/mol. The molecule has 0 saturated heterocycles. The lowest BCUT2D eigenvalue weighted by atomic mass is 10.2. The molecule has 6 nitrogen and oxygen atoms in total. The number of aryl methyl sites for hydroxylation is 1. The maximum Gasteiger partial charge on any atom is 0.254 e. The summed E-state index contributed by atoms with van der Waals surface area (Å²) in [5.74, 6) is 0.616. The van der Waals surface area contributed by atoms with Gasteiger partial charge in [-0.05, 0) is 31.7 Å². The second-order valence-corrected chi connectivity index (χ2v) is 5.39. The van der Waals surface area contributed by atoms with Crippen molar-refractivity contribution in [1.82, 2.24) is 25.1 Å². The molecule has 0 bridgehead atoms. The van der Waals surface area contributed by atoms with Crippen LogP contribution in [0.25, 0.3) is 0 Å². The Kier molecular flexibility index (Phi) is 5.32. The van der Waals surface area contributed by atoms with Crippen molar-refractivity contribution in [2.24, 2.45) is 0 Å². The first-order valence-electron chi connectivity index (χ1n) is 6.85. The number of nitrogens with zero attached hydrogens (tertiary/aromatic N) is 4. The Hall–Kier alpha value is -1.89. The van der Waals surface area contributed by atoms with Gasteiger partial charge in [0.05, 0.1) is 11.6 Å². The van der Waals surface area contributed by atoms with Gasteiger partial charge in [0.1, 0.15) is 17.2 Å². The Labute approximate surface area is 128 Å². The first-order chi connectivity index (χ1) is 10.2. The molecule has 0 saturated carbocycles. The molecule has 1 atom stereocenters. The van der Waals surface area contributed by atoms with Gasteiger partial charge in [-0.15, -0.1) is 11.8 Å². The summed E-state index contributed by atoms with van der Waals surface area (Å²) >= 11 is 1.45. The highest BCUT2D eigenvalue weighted by Gasteiger charge is 2.18. The van der Waals surface area contributed by atoms with E-state index in [4.69, 9.17) is 0 Å². The van der Waals surface area contributed by atoms with Crippen LogP contribution in [-0.4, -0.2) is 31.9 Å². The lowest BCUT2D eigenvalue weighted by molar-refractivity contribution is 0.0933. The molecule has 0 aliphatic carbocycles. The number of hydrogen-bond acceptors (Lipinski definition) is 5. The van der Waals surface area contributed by atoms with Crippen LogP contribution in [0.1, 0.15) is 42.5 Å². The molecular weight excluding hydrogens is 286 g/mol. The summed E-state index contributed by atoms with van der Waals surface area (Å²) in [6.07, 6.45) is 6.08. The molecule has 0 radical (unpaired) electrons. The zero-order chi connectivity index (χ0) is 15.2. The molecular formula is C14H19N5OS. The summed E-state index contributed by atoms with van der Waals surface area (Å²) in [5, 5.41) is 7.85. The normalized spacial score (nSPS) is 12.1. The molecule has 2 heterocycles. The molecule has 0 aliphatic heterocycles. The zero-order valence-corrected chi connectivity index (χ0v) is 13.2. The van der Waals surface area contributed by atoms with Gasteiger partial charge in [0.15, 0.2) is 0 Å². The SMILES string of the molecule is CCCn1ncnc1[C@@H](C)NC(=O)c1cccnc1SC. The van der Waals surface area contributed by atoms with E-state index in [1.807, 2.05) is 17.9 Å². The van der Waals surface area contributed by atoms with Crippen molar-refractivity contribution in [1.29, 1.82) is 0 Å². The molecule has 7 heteroatoms. The smallest absolute Gasteiger partial charge is 0.254 e. The molecule has 0 aromatic carbocycles. The molecule has 2 aromatic rings. The van der Waals surface area contributed by atoms with Gasteiger partial charge in [-0.1, -0.05) is 6.92 Å². The van der Waals surface area contributed by atoms with E-state index in [0.717, 1.165) is 23.8 Å². The molecule has 0 unspecified atom stereocenters. The van der Waals surface area contributed by atoms with E-state index in [1.54, 1.807) is 18.3 Å². The lowest BCUT2D eigenvalue weighted by Crippen LogP contribution is -2.29. The Bertz CT molecular complexity index is 613. The number of amides is 1. The van der Waals surface area contributed by atoms with Crippen molar-refractivity contribution >= 4 is 17.7 Å². The van der Waals surface area contributed by atoms with E-state index in [2.05, 4.69) is 27.3 Å². The van der Waals surface area contributed by atoms with Crippen molar-refractivity contribution in [3.63, 3.8) is 0 Å². The number of aromatic nitrogens is 4. The van der Waals surface area contributed by atoms with Gasteiger partial charge in [-0.3, -0.25) is 4.79 Å². The summed E-state index contributed by atoms with van der Waals surface area (Å²) in [6, 6.07) is 3.33. The second-order valence-electron chi connectivity index (χ2n) is 4.60. The van der Waals surface area contributed by atoms with Crippen LogP contribution < -0.4 is 5.32 Å². The number of carbonyl (C=O) groups is 1. The molecule has 2 aromatic heterocycles. The molecule has 21 heavy (non-hydrogen) atoms. The molecule has 112 valence electrons. The maximum atomic E-state index is 12.4. The van der Waals surface area contributed by atoms with E-state index in [0.29, 0.717) is 5.56 Å². The fourth-order valence-electron chi connectivity index (χ4n) is 2.06. The van der Waals surface area contributed by atoms with Crippen LogP contribution in [0.5, 0.6) is 0 Å². The lowest BCUT2D eigenvalue weighted by Gasteiger charge is -2.15. The van der Waals surface area contributed by atoms with E-state index in [9.17, 15) is 4.79 Å². The van der Waals surface area contributed by atoms with E-state index in [-0.39, 0.29) is 11.9 Å². The van der Waals surface area contributed by atoms with Gasteiger partial charge in [-0.2, -0.15) is 5.10 Å². The fraction of sp³-hybridized carbons (Fsp3) is 0.429. The minimum atomic E-state index is -0.207. The van der Waals surface area contributed by atoms with E-state index >= 15 is 0 Å². The predicted octanol–water partition coefficient (Wildman–Crippen LogP) is 2.30. The third-order valence-corrected chi connectivity index (χ3v) is 3.74. The van der Waals surface area contributed by atoms with Gasteiger partial charge in [0.2, 0.25) is 0 Å². The quantitative estimate of drug-likeness (QED) is 0.829. The predicted molar refractivity (Wildman–Crippen MR) is 82.2 cm³/mol. The highest BCUT2D eigenvalue weighted by Crippen LogP contribution is 2.18. The topological polar surface area (TPSA) is 72.7 Å². The molecule has 2 rings (SSSR count).